The molecular weight excluding hydrogens is 306 g/mol. The van der Waals surface area contributed by atoms with Crippen LogP contribution >= 0.6 is 11.8 Å². The van der Waals surface area contributed by atoms with E-state index in [9.17, 15) is 4.79 Å². The molecule has 0 bridgehead atoms. The summed E-state index contributed by atoms with van der Waals surface area (Å²) in [6, 6.07) is 17.9. The first-order valence-corrected chi connectivity index (χ1v) is 8.02. The van der Waals surface area contributed by atoms with Gasteiger partial charge in [-0.05, 0) is 24.3 Å². The molecule has 0 fully saturated rings. The molecular formula is C18H14N3OS+. The van der Waals surface area contributed by atoms with Gasteiger partial charge in [-0.2, -0.15) is 4.57 Å². The molecule has 4 rings (SSSR count). The molecule has 3 N–H and O–H groups in total. The number of carbonyl (C=O) groups is 1. The number of benzene rings is 2. The van der Waals surface area contributed by atoms with Gasteiger partial charge in [0.2, 0.25) is 5.69 Å². The number of rotatable bonds is 2. The zero-order valence-corrected chi connectivity index (χ0v) is 13.0. The van der Waals surface area contributed by atoms with Crippen molar-refractivity contribution in [3.05, 3.63) is 72.6 Å². The molecule has 0 saturated carbocycles. The Hall–Kier alpha value is -2.79. The van der Waals surface area contributed by atoms with Gasteiger partial charge in [-0.25, -0.2) is 0 Å². The summed E-state index contributed by atoms with van der Waals surface area (Å²) in [7, 11) is 0. The van der Waals surface area contributed by atoms with Crippen LogP contribution in [-0.2, 0) is 0 Å². The molecule has 5 heteroatoms. The maximum atomic E-state index is 11.3. The number of amides is 1. The number of nitrogens with one attached hydrogen (secondary N) is 1. The SMILES string of the molecule is NC(=O)c1ccc[n+](-c2ccc3c(c2)Sc2ccccc2N3)c1. The molecule has 0 atom stereocenters. The molecule has 3 aromatic rings. The second kappa shape index (κ2) is 5.44. The van der Waals surface area contributed by atoms with E-state index in [1.807, 2.05) is 35.0 Å². The molecule has 4 nitrogen and oxygen atoms in total. The van der Waals surface area contributed by atoms with Crippen LogP contribution < -0.4 is 15.6 Å². The molecule has 23 heavy (non-hydrogen) atoms. The summed E-state index contributed by atoms with van der Waals surface area (Å²) >= 11 is 1.73. The first-order chi connectivity index (χ1) is 11.2. The third-order valence-corrected chi connectivity index (χ3v) is 4.86. The lowest BCUT2D eigenvalue weighted by Gasteiger charge is -2.20. The zero-order chi connectivity index (χ0) is 15.8. The largest absolute Gasteiger partial charge is 0.365 e. The van der Waals surface area contributed by atoms with Gasteiger partial charge in [-0.3, -0.25) is 4.79 Å². The van der Waals surface area contributed by atoms with Gasteiger partial charge in [0.05, 0.1) is 11.4 Å². The number of carbonyl (C=O) groups excluding carboxylic acids is 1. The Kier molecular flexibility index (Phi) is 3.28. The second-order valence-corrected chi connectivity index (χ2v) is 6.35. The Bertz CT molecular complexity index is 924. The fourth-order valence-electron chi connectivity index (χ4n) is 2.56. The summed E-state index contributed by atoms with van der Waals surface area (Å²) < 4.78 is 1.90. The highest BCUT2D eigenvalue weighted by Gasteiger charge is 2.18. The second-order valence-electron chi connectivity index (χ2n) is 5.27. The Labute approximate surface area is 138 Å². The molecule has 1 aliphatic heterocycles. The van der Waals surface area contributed by atoms with Crippen LogP contribution in [0.4, 0.5) is 11.4 Å². The van der Waals surface area contributed by atoms with Crippen LogP contribution in [0, 0.1) is 0 Å². The van der Waals surface area contributed by atoms with E-state index in [4.69, 9.17) is 5.73 Å². The first kappa shape index (κ1) is 13.8. The molecule has 1 amide bonds. The van der Waals surface area contributed by atoms with Crippen molar-refractivity contribution in [1.29, 1.82) is 0 Å². The van der Waals surface area contributed by atoms with Gasteiger partial charge in [0.1, 0.15) is 5.56 Å². The van der Waals surface area contributed by atoms with Gasteiger partial charge in [-0.1, -0.05) is 23.9 Å². The van der Waals surface area contributed by atoms with Crippen LogP contribution in [0.3, 0.4) is 0 Å². The number of para-hydroxylation sites is 1. The number of fused-ring (bicyclic) bond motifs is 2. The minimum Gasteiger partial charge on any atom is -0.365 e. The lowest BCUT2D eigenvalue weighted by molar-refractivity contribution is -0.596. The minimum atomic E-state index is -0.428. The molecule has 0 unspecified atom stereocenters. The molecule has 2 heterocycles. The topological polar surface area (TPSA) is 59.0 Å². The van der Waals surface area contributed by atoms with Gasteiger partial charge < -0.3 is 11.1 Å². The molecule has 1 aromatic heterocycles. The van der Waals surface area contributed by atoms with Crippen molar-refractivity contribution in [2.24, 2.45) is 5.73 Å². The number of hydrogen-bond acceptors (Lipinski definition) is 3. The lowest BCUT2D eigenvalue weighted by Crippen LogP contribution is -2.31. The molecule has 0 aliphatic carbocycles. The van der Waals surface area contributed by atoms with E-state index >= 15 is 0 Å². The van der Waals surface area contributed by atoms with Crippen molar-refractivity contribution in [2.75, 3.05) is 5.32 Å². The minimum absolute atomic E-state index is 0.428. The van der Waals surface area contributed by atoms with Crippen LogP contribution in [-0.4, -0.2) is 5.91 Å². The van der Waals surface area contributed by atoms with Gasteiger partial charge >= 0.3 is 0 Å². The van der Waals surface area contributed by atoms with Gasteiger partial charge in [0, 0.05) is 28.0 Å². The van der Waals surface area contributed by atoms with E-state index < -0.39 is 5.91 Å². The normalized spacial score (nSPS) is 12.0. The fraction of sp³-hybridized carbons (Fsp3) is 0. The van der Waals surface area contributed by atoms with Gasteiger partial charge in [0.25, 0.3) is 5.91 Å². The first-order valence-electron chi connectivity index (χ1n) is 7.20. The van der Waals surface area contributed by atoms with E-state index in [1.54, 1.807) is 24.0 Å². The maximum Gasteiger partial charge on any atom is 0.254 e. The predicted molar refractivity (Wildman–Crippen MR) is 90.3 cm³/mol. The van der Waals surface area contributed by atoms with Gasteiger partial charge in [0.15, 0.2) is 12.4 Å². The fourth-order valence-corrected chi connectivity index (χ4v) is 3.58. The van der Waals surface area contributed by atoms with Crippen LogP contribution in [0.1, 0.15) is 10.4 Å². The average Bonchev–Trinajstić information content (AvgIpc) is 2.59. The van der Waals surface area contributed by atoms with Crippen LogP contribution in [0.5, 0.6) is 0 Å². The predicted octanol–water partition coefficient (Wildman–Crippen LogP) is 3.27. The molecule has 0 saturated heterocycles. The van der Waals surface area contributed by atoms with Gasteiger partial charge in [-0.15, -0.1) is 0 Å². The third kappa shape index (κ3) is 2.55. The van der Waals surface area contributed by atoms with Crippen molar-refractivity contribution in [1.82, 2.24) is 0 Å². The Morgan fingerprint density at radius 3 is 2.70 bits per heavy atom. The third-order valence-electron chi connectivity index (χ3n) is 3.72. The lowest BCUT2D eigenvalue weighted by atomic mass is 10.2. The number of nitrogens with two attached hydrogens (primary N) is 1. The summed E-state index contributed by atoms with van der Waals surface area (Å²) in [6.45, 7) is 0. The summed E-state index contributed by atoms with van der Waals surface area (Å²) in [6.07, 6.45) is 3.65. The standard InChI is InChI=1S/C18H13N3OS/c19-18(22)12-4-3-9-21(11-12)13-7-8-15-17(10-13)23-16-6-2-1-5-14(16)20-15/h1-11,20H,(H-,19,22)/p+1. The number of hydrogen-bond donors (Lipinski definition) is 2. The molecule has 0 spiro atoms. The van der Waals surface area contributed by atoms with E-state index in [0.29, 0.717) is 5.56 Å². The van der Waals surface area contributed by atoms with Crippen molar-refractivity contribution >= 4 is 29.0 Å². The van der Waals surface area contributed by atoms with E-state index in [-0.39, 0.29) is 0 Å². The van der Waals surface area contributed by atoms with Crippen molar-refractivity contribution in [3.8, 4) is 5.69 Å². The number of primary amides is 1. The summed E-state index contributed by atoms with van der Waals surface area (Å²) in [5.41, 5.74) is 9.05. The Morgan fingerprint density at radius 2 is 1.83 bits per heavy atom. The number of pyridine rings is 1. The average molecular weight is 320 g/mol. The molecule has 1 aliphatic rings. The number of aromatic nitrogens is 1. The summed E-state index contributed by atoms with van der Waals surface area (Å²) in [5, 5.41) is 3.44. The molecule has 2 aromatic carbocycles. The summed E-state index contributed by atoms with van der Waals surface area (Å²) in [4.78, 5) is 13.7. The quantitative estimate of drug-likeness (QED) is 0.557. The molecule has 0 radical (unpaired) electrons. The van der Waals surface area contributed by atoms with Crippen LogP contribution in [0.25, 0.3) is 5.69 Å². The highest BCUT2D eigenvalue weighted by molar-refractivity contribution is 7.99. The number of anilines is 2. The van der Waals surface area contributed by atoms with E-state index in [0.717, 1.165) is 22.0 Å². The highest BCUT2D eigenvalue weighted by Crippen LogP contribution is 2.44. The van der Waals surface area contributed by atoms with Crippen molar-refractivity contribution in [2.45, 2.75) is 9.79 Å². The monoisotopic (exact) mass is 320 g/mol. The maximum absolute atomic E-state index is 11.3. The smallest absolute Gasteiger partial charge is 0.254 e. The Balaban J connectivity index is 1.74. The van der Waals surface area contributed by atoms with Crippen molar-refractivity contribution in [3.63, 3.8) is 0 Å². The van der Waals surface area contributed by atoms with Crippen LogP contribution in [0.2, 0.25) is 0 Å². The number of nitrogens with zero attached hydrogens (tertiary/aromatic N) is 1. The molecule has 112 valence electrons. The zero-order valence-electron chi connectivity index (χ0n) is 12.2. The van der Waals surface area contributed by atoms with E-state index in [1.165, 1.54) is 4.90 Å². The van der Waals surface area contributed by atoms with E-state index in [2.05, 4.69) is 29.6 Å². The highest BCUT2D eigenvalue weighted by atomic mass is 32.2. The van der Waals surface area contributed by atoms with Crippen LogP contribution in [0.15, 0.2) is 76.8 Å². The van der Waals surface area contributed by atoms with Crippen molar-refractivity contribution < 1.29 is 9.36 Å². The summed E-state index contributed by atoms with van der Waals surface area (Å²) in [5.74, 6) is -0.428. The Morgan fingerprint density at radius 1 is 1.00 bits per heavy atom.